The van der Waals surface area contributed by atoms with Crippen molar-refractivity contribution in [3.63, 3.8) is 0 Å². The molecule has 6 nitrogen and oxygen atoms in total. The number of nitrogens with one attached hydrogen (secondary N) is 2. The lowest BCUT2D eigenvalue weighted by Gasteiger charge is -2.15. The summed E-state index contributed by atoms with van der Waals surface area (Å²) in [6.45, 7) is 9.05. The lowest BCUT2D eigenvalue weighted by Crippen LogP contribution is -2.40. The molecule has 20 heavy (non-hydrogen) atoms. The van der Waals surface area contributed by atoms with Gasteiger partial charge in [0.05, 0.1) is 0 Å². The number of anilines is 1. The quantitative estimate of drug-likeness (QED) is 0.787. The zero-order valence-electron chi connectivity index (χ0n) is 12.6. The van der Waals surface area contributed by atoms with Gasteiger partial charge in [0.25, 0.3) is 5.56 Å². The van der Waals surface area contributed by atoms with E-state index in [0.717, 1.165) is 6.42 Å². The van der Waals surface area contributed by atoms with Crippen LogP contribution >= 0.6 is 0 Å². The van der Waals surface area contributed by atoms with Crippen molar-refractivity contribution in [2.75, 3.05) is 11.9 Å². The Labute approximate surface area is 119 Å². The van der Waals surface area contributed by atoms with Crippen LogP contribution in [-0.4, -0.2) is 28.0 Å². The van der Waals surface area contributed by atoms with Crippen molar-refractivity contribution in [3.05, 3.63) is 22.7 Å². The van der Waals surface area contributed by atoms with Crippen LogP contribution in [-0.2, 0) is 11.3 Å². The molecule has 1 heterocycles. The molecule has 0 bridgehead atoms. The monoisotopic (exact) mass is 280 g/mol. The van der Waals surface area contributed by atoms with Crippen LogP contribution in [0.1, 0.15) is 34.1 Å². The van der Waals surface area contributed by atoms with Gasteiger partial charge in [-0.05, 0) is 19.3 Å². The largest absolute Gasteiger partial charge is 0.354 e. The van der Waals surface area contributed by atoms with Crippen molar-refractivity contribution in [3.8, 4) is 0 Å². The second-order valence-corrected chi connectivity index (χ2v) is 5.28. The molecule has 0 aromatic carbocycles. The van der Waals surface area contributed by atoms with E-state index in [1.165, 1.54) is 0 Å². The van der Waals surface area contributed by atoms with Gasteiger partial charge in [-0.15, -0.1) is 0 Å². The van der Waals surface area contributed by atoms with Gasteiger partial charge in [0.1, 0.15) is 6.04 Å². The second-order valence-electron chi connectivity index (χ2n) is 5.28. The number of hydrogen-bond acceptors (Lipinski definition) is 4. The van der Waals surface area contributed by atoms with E-state index in [0.29, 0.717) is 19.0 Å². The fraction of sp³-hybridized carbons (Fsp3) is 0.643. The van der Waals surface area contributed by atoms with Crippen LogP contribution in [0.25, 0.3) is 0 Å². The Morgan fingerprint density at radius 2 is 2.10 bits per heavy atom. The molecule has 0 saturated carbocycles. The highest BCUT2D eigenvalue weighted by atomic mass is 16.2. The van der Waals surface area contributed by atoms with Gasteiger partial charge in [0.15, 0.2) is 5.82 Å². The van der Waals surface area contributed by atoms with E-state index in [4.69, 9.17) is 0 Å². The third kappa shape index (κ3) is 4.68. The van der Waals surface area contributed by atoms with E-state index in [1.54, 1.807) is 23.9 Å². The summed E-state index contributed by atoms with van der Waals surface area (Å²) in [5, 5.41) is 5.66. The van der Waals surface area contributed by atoms with E-state index in [9.17, 15) is 9.59 Å². The summed E-state index contributed by atoms with van der Waals surface area (Å²) >= 11 is 0. The van der Waals surface area contributed by atoms with E-state index >= 15 is 0 Å². The topological polar surface area (TPSA) is 76.0 Å². The van der Waals surface area contributed by atoms with Gasteiger partial charge in [-0.25, -0.2) is 4.98 Å². The standard InChI is InChI=1S/C14H24N4O2/c1-5-6-16-13(19)11(4)17-12-14(20)18(8-7-15-12)9-10(2)3/h7-8,10-11H,5-6,9H2,1-4H3,(H,15,17)(H,16,19). The molecule has 1 aromatic heterocycles. The Balaban J connectivity index is 2.77. The number of nitrogens with zero attached hydrogens (tertiary/aromatic N) is 2. The fourth-order valence-corrected chi connectivity index (χ4v) is 1.76. The van der Waals surface area contributed by atoms with Gasteiger partial charge in [-0.1, -0.05) is 20.8 Å². The molecular weight excluding hydrogens is 256 g/mol. The molecule has 1 amide bonds. The van der Waals surface area contributed by atoms with Crippen LogP contribution in [0.5, 0.6) is 0 Å². The summed E-state index contributed by atoms with van der Waals surface area (Å²) < 4.78 is 1.61. The molecule has 2 N–H and O–H groups in total. The summed E-state index contributed by atoms with van der Waals surface area (Å²) in [6.07, 6.45) is 4.11. The first-order valence-electron chi connectivity index (χ1n) is 7.05. The highest BCUT2D eigenvalue weighted by Gasteiger charge is 2.15. The highest BCUT2D eigenvalue weighted by Crippen LogP contribution is 2.00. The molecule has 0 aliphatic rings. The minimum absolute atomic E-state index is 0.132. The van der Waals surface area contributed by atoms with Gasteiger partial charge >= 0.3 is 0 Å². The van der Waals surface area contributed by atoms with E-state index in [-0.39, 0.29) is 17.3 Å². The maximum Gasteiger partial charge on any atom is 0.293 e. The molecule has 1 unspecified atom stereocenters. The average Bonchev–Trinajstić information content (AvgIpc) is 2.40. The lowest BCUT2D eigenvalue weighted by molar-refractivity contribution is -0.121. The predicted octanol–water partition coefficient (Wildman–Crippen LogP) is 1.23. The van der Waals surface area contributed by atoms with E-state index in [2.05, 4.69) is 15.6 Å². The van der Waals surface area contributed by atoms with Gasteiger partial charge in [0, 0.05) is 25.5 Å². The van der Waals surface area contributed by atoms with E-state index < -0.39 is 6.04 Å². The Kier molecular flexibility index (Phi) is 6.21. The van der Waals surface area contributed by atoms with E-state index in [1.807, 2.05) is 20.8 Å². The summed E-state index contributed by atoms with van der Waals surface area (Å²) in [5.41, 5.74) is -0.198. The molecule has 1 rings (SSSR count). The second kappa shape index (κ2) is 7.67. The van der Waals surface area contributed by atoms with Gasteiger partial charge in [-0.2, -0.15) is 0 Å². The van der Waals surface area contributed by atoms with Crippen LogP contribution in [0, 0.1) is 5.92 Å². The fourth-order valence-electron chi connectivity index (χ4n) is 1.76. The zero-order valence-corrected chi connectivity index (χ0v) is 12.6. The number of carbonyl (C=O) groups is 1. The Morgan fingerprint density at radius 3 is 2.70 bits per heavy atom. The average molecular weight is 280 g/mol. The van der Waals surface area contributed by atoms with Crippen molar-refractivity contribution >= 4 is 11.7 Å². The molecule has 6 heteroatoms. The SMILES string of the molecule is CCCNC(=O)C(C)Nc1nccn(CC(C)C)c1=O. The Hall–Kier alpha value is -1.85. The molecule has 0 spiro atoms. The van der Waals surface area contributed by atoms with Crippen molar-refractivity contribution in [2.45, 2.75) is 46.7 Å². The molecule has 0 aliphatic carbocycles. The maximum absolute atomic E-state index is 12.2. The first-order valence-corrected chi connectivity index (χ1v) is 7.05. The number of rotatable bonds is 7. The number of carbonyl (C=O) groups excluding carboxylic acids is 1. The third-order valence-corrected chi connectivity index (χ3v) is 2.77. The molecular formula is C14H24N4O2. The number of amides is 1. The molecule has 0 saturated heterocycles. The van der Waals surface area contributed by atoms with Crippen LogP contribution in [0.2, 0.25) is 0 Å². The number of aromatic nitrogens is 2. The highest BCUT2D eigenvalue weighted by molar-refractivity contribution is 5.83. The van der Waals surface area contributed by atoms with Crippen LogP contribution < -0.4 is 16.2 Å². The first-order chi connectivity index (χ1) is 9.45. The minimum atomic E-state index is -0.489. The van der Waals surface area contributed by atoms with Gasteiger partial charge in [0.2, 0.25) is 5.91 Å². The van der Waals surface area contributed by atoms with Crippen molar-refractivity contribution in [1.82, 2.24) is 14.9 Å². The Bertz CT molecular complexity index is 496. The number of hydrogen-bond donors (Lipinski definition) is 2. The Morgan fingerprint density at radius 1 is 1.40 bits per heavy atom. The molecule has 0 fully saturated rings. The lowest BCUT2D eigenvalue weighted by atomic mass is 10.2. The van der Waals surface area contributed by atoms with Gasteiger partial charge in [-0.3, -0.25) is 9.59 Å². The van der Waals surface area contributed by atoms with Crippen LogP contribution in [0.4, 0.5) is 5.82 Å². The first kappa shape index (κ1) is 16.2. The summed E-state index contributed by atoms with van der Waals surface area (Å²) in [5.74, 6) is 0.452. The molecule has 0 radical (unpaired) electrons. The van der Waals surface area contributed by atoms with Crippen molar-refractivity contribution in [1.29, 1.82) is 0 Å². The smallest absolute Gasteiger partial charge is 0.293 e. The van der Waals surface area contributed by atoms with Crippen LogP contribution in [0.15, 0.2) is 17.2 Å². The molecule has 1 atom stereocenters. The minimum Gasteiger partial charge on any atom is -0.354 e. The maximum atomic E-state index is 12.2. The van der Waals surface area contributed by atoms with Gasteiger partial charge < -0.3 is 15.2 Å². The molecule has 1 aromatic rings. The summed E-state index contributed by atoms with van der Waals surface area (Å²) in [6, 6.07) is -0.489. The van der Waals surface area contributed by atoms with Crippen LogP contribution in [0.3, 0.4) is 0 Å². The zero-order chi connectivity index (χ0) is 15.1. The van der Waals surface area contributed by atoms with Crippen molar-refractivity contribution < 1.29 is 4.79 Å². The third-order valence-electron chi connectivity index (χ3n) is 2.77. The molecule has 112 valence electrons. The van der Waals surface area contributed by atoms with Crippen molar-refractivity contribution in [2.24, 2.45) is 5.92 Å². The molecule has 0 aliphatic heterocycles. The summed E-state index contributed by atoms with van der Waals surface area (Å²) in [4.78, 5) is 28.0. The predicted molar refractivity (Wildman–Crippen MR) is 79.7 cm³/mol. The summed E-state index contributed by atoms with van der Waals surface area (Å²) in [7, 11) is 0. The normalized spacial score (nSPS) is 12.2.